The molecule has 1 fully saturated rings. The molecule has 0 radical (unpaired) electrons. The molecule has 4 rings (SSSR count). The number of hydrogen-bond donors (Lipinski definition) is 1. The molecule has 3 heterocycles. The highest BCUT2D eigenvalue weighted by atomic mass is 19.4. The van der Waals surface area contributed by atoms with E-state index in [1.54, 1.807) is 30.2 Å². The third-order valence-corrected chi connectivity index (χ3v) is 5.24. The molecule has 0 atom stereocenters. The Morgan fingerprint density at radius 3 is 2.49 bits per heavy atom. The first-order chi connectivity index (χ1) is 16.7. The number of allylic oxidation sites excluding steroid dienone is 1. The molecular formula is C23H24F3N7O2. The van der Waals surface area contributed by atoms with Crippen molar-refractivity contribution in [1.82, 2.24) is 29.5 Å². The molecule has 1 aromatic carbocycles. The third-order valence-electron chi connectivity index (χ3n) is 5.24. The van der Waals surface area contributed by atoms with Gasteiger partial charge in [0.1, 0.15) is 12.1 Å². The summed E-state index contributed by atoms with van der Waals surface area (Å²) >= 11 is 0. The van der Waals surface area contributed by atoms with Gasteiger partial charge in [-0.25, -0.2) is 14.8 Å². The maximum atomic E-state index is 13.5. The van der Waals surface area contributed by atoms with E-state index in [1.165, 1.54) is 23.4 Å². The number of amides is 1. The molecule has 0 bridgehead atoms. The normalized spacial score (nSPS) is 14.6. The molecule has 2 aromatic heterocycles. The van der Waals surface area contributed by atoms with Crippen LogP contribution in [-0.4, -0.2) is 61.8 Å². The van der Waals surface area contributed by atoms with E-state index in [2.05, 4.69) is 27.0 Å². The quantitative estimate of drug-likeness (QED) is 0.557. The first-order valence-corrected chi connectivity index (χ1v) is 10.8. The standard InChI is InChI=1S/C23H24F3N7O2/c1-16(2)29-21-3-4-33(30-21)22(34)32-7-5-31(6-8-32)14-17-9-18(23(24,25)26)11-19(10-17)35-20-12-27-15-28-13-20/h3-4,9-13,15H,1,5-8,14H2,2H3,(H,29,30). The smallest absolute Gasteiger partial charge is 0.416 e. The van der Waals surface area contributed by atoms with Crippen molar-refractivity contribution in [2.24, 2.45) is 0 Å². The van der Waals surface area contributed by atoms with Crippen molar-refractivity contribution >= 4 is 11.8 Å². The second-order valence-corrected chi connectivity index (χ2v) is 8.14. The van der Waals surface area contributed by atoms with Crippen LogP contribution in [0.3, 0.4) is 0 Å². The SMILES string of the molecule is C=C(C)Nc1ccn(C(=O)N2CCN(Cc3cc(Oc4cncnc4)cc(C(F)(F)F)c3)CC2)n1. The molecule has 1 amide bonds. The minimum atomic E-state index is -4.52. The lowest BCUT2D eigenvalue weighted by atomic mass is 10.1. The summed E-state index contributed by atoms with van der Waals surface area (Å²) in [4.78, 5) is 24.0. The van der Waals surface area contributed by atoms with Gasteiger partial charge in [-0.05, 0) is 30.7 Å². The summed E-state index contributed by atoms with van der Waals surface area (Å²) < 4.78 is 47.3. The fourth-order valence-corrected chi connectivity index (χ4v) is 3.66. The molecule has 0 unspecified atom stereocenters. The average molecular weight is 487 g/mol. The van der Waals surface area contributed by atoms with Gasteiger partial charge in [-0.1, -0.05) is 6.58 Å². The van der Waals surface area contributed by atoms with Crippen molar-refractivity contribution in [2.75, 3.05) is 31.5 Å². The number of aromatic nitrogens is 4. The van der Waals surface area contributed by atoms with Crippen LogP contribution in [0.5, 0.6) is 11.5 Å². The molecular weight excluding hydrogens is 463 g/mol. The monoisotopic (exact) mass is 487 g/mol. The second-order valence-electron chi connectivity index (χ2n) is 8.14. The van der Waals surface area contributed by atoms with Crippen LogP contribution in [0.4, 0.5) is 23.8 Å². The number of hydrogen-bond acceptors (Lipinski definition) is 7. The molecule has 9 nitrogen and oxygen atoms in total. The zero-order valence-electron chi connectivity index (χ0n) is 19.0. The Kier molecular flexibility index (Phi) is 7.01. The number of halogens is 3. The van der Waals surface area contributed by atoms with Crippen LogP contribution >= 0.6 is 0 Å². The predicted molar refractivity (Wildman–Crippen MR) is 122 cm³/mol. The molecule has 0 spiro atoms. The Morgan fingerprint density at radius 1 is 1.11 bits per heavy atom. The summed E-state index contributed by atoms with van der Waals surface area (Å²) in [5.74, 6) is 0.815. The summed E-state index contributed by atoms with van der Waals surface area (Å²) in [7, 11) is 0. The third kappa shape index (κ3) is 6.35. The lowest BCUT2D eigenvalue weighted by molar-refractivity contribution is -0.137. The molecule has 0 saturated carbocycles. The second kappa shape index (κ2) is 10.1. The van der Waals surface area contributed by atoms with E-state index in [0.717, 1.165) is 12.1 Å². The van der Waals surface area contributed by atoms with E-state index >= 15 is 0 Å². The van der Waals surface area contributed by atoms with Crippen molar-refractivity contribution in [3.05, 3.63) is 72.6 Å². The summed E-state index contributed by atoms with van der Waals surface area (Å²) in [6.07, 6.45) is 1.11. The van der Waals surface area contributed by atoms with Crippen LogP contribution < -0.4 is 10.1 Å². The number of carbonyl (C=O) groups is 1. The average Bonchev–Trinajstić information content (AvgIpc) is 3.27. The van der Waals surface area contributed by atoms with Crippen LogP contribution in [0.1, 0.15) is 18.1 Å². The Labute approximate surface area is 199 Å². The topological polar surface area (TPSA) is 88.4 Å². The molecule has 184 valence electrons. The summed E-state index contributed by atoms with van der Waals surface area (Å²) in [6, 6.07) is 5.05. The number of rotatable bonds is 6. The molecule has 1 N–H and O–H groups in total. The van der Waals surface area contributed by atoms with E-state index in [0.29, 0.717) is 43.3 Å². The summed E-state index contributed by atoms with van der Waals surface area (Å²) in [5.41, 5.74) is 0.360. The Balaban J connectivity index is 1.40. The van der Waals surface area contributed by atoms with Gasteiger partial charge in [-0.2, -0.15) is 17.9 Å². The van der Waals surface area contributed by atoms with Gasteiger partial charge in [-0.15, -0.1) is 5.10 Å². The summed E-state index contributed by atoms with van der Waals surface area (Å²) in [5, 5.41) is 7.15. The van der Waals surface area contributed by atoms with Crippen molar-refractivity contribution in [1.29, 1.82) is 0 Å². The van der Waals surface area contributed by atoms with Gasteiger partial charge in [0.05, 0.1) is 18.0 Å². The number of alkyl halides is 3. The van der Waals surface area contributed by atoms with Gasteiger partial charge < -0.3 is 15.0 Å². The molecule has 1 saturated heterocycles. The fourth-order valence-electron chi connectivity index (χ4n) is 3.66. The van der Waals surface area contributed by atoms with Gasteiger partial charge in [0.2, 0.25) is 0 Å². The van der Waals surface area contributed by atoms with Gasteiger partial charge in [0, 0.05) is 50.7 Å². The maximum Gasteiger partial charge on any atom is 0.416 e. The van der Waals surface area contributed by atoms with E-state index in [4.69, 9.17) is 4.74 Å². The van der Waals surface area contributed by atoms with Crippen molar-refractivity contribution in [2.45, 2.75) is 19.6 Å². The summed E-state index contributed by atoms with van der Waals surface area (Å²) in [6.45, 7) is 7.66. The minimum absolute atomic E-state index is 0.0521. The number of nitrogens with one attached hydrogen (secondary N) is 1. The van der Waals surface area contributed by atoms with Crippen LogP contribution in [-0.2, 0) is 12.7 Å². The highest BCUT2D eigenvalue weighted by Crippen LogP contribution is 2.34. The number of benzene rings is 1. The maximum absolute atomic E-state index is 13.5. The van der Waals surface area contributed by atoms with Crippen LogP contribution in [0, 0.1) is 0 Å². The van der Waals surface area contributed by atoms with Gasteiger partial charge >= 0.3 is 12.2 Å². The Hall–Kier alpha value is -3.93. The van der Waals surface area contributed by atoms with Gasteiger partial charge in [0.15, 0.2) is 11.6 Å². The number of carbonyl (C=O) groups excluding carboxylic acids is 1. The fraction of sp³-hybridized carbons (Fsp3) is 0.304. The van der Waals surface area contributed by atoms with Crippen LogP contribution in [0.2, 0.25) is 0 Å². The highest BCUT2D eigenvalue weighted by molar-refractivity contribution is 5.76. The van der Waals surface area contributed by atoms with Crippen LogP contribution in [0.25, 0.3) is 0 Å². The van der Waals surface area contributed by atoms with E-state index in [9.17, 15) is 18.0 Å². The van der Waals surface area contributed by atoms with E-state index in [1.807, 2.05) is 4.90 Å². The number of piperazine rings is 1. The van der Waals surface area contributed by atoms with E-state index < -0.39 is 11.7 Å². The predicted octanol–water partition coefficient (Wildman–Crippen LogP) is 4.22. The van der Waals surface area contributed by atoms with Gasteiger partial charge in [0.25, 0.3) is 0 Å². The Morgan fingerprint density at radius 2 is 1.83 bits per heavy atom. The Bertz CT molecular complexity index is 1190. The first-order valence-electron chi connectivity index (χ1n) is 10.8. The molecule has 0 aliphatic carbocycles. The first kappa shape index (κ1) is 24.2. The zero-order valence-corrected chi connectivity index (χ0v) is 19.0. The van der Waals surface area contributed by atoms with Crippen LogP contribution in [0.15, 0.2) is 61.5 Å². The molecule has 3 aromatic rings. The highest BCUT2D eigenvalue weighted by Gasteiger charge is 2.32. The van der Waals surface area contributed by atoms with Gasteiger partial charge in [-0.3, -0.25) is 4.90 Å². The van der Waals surface area contributed by atoms with E-state index in [-0.39, 0.29) is 24.1 Å². The number of nitrogens with zero attached hydrogens (tertiary/aromatic N) is 6. The zero-order chi connectivity index (χ0) is 25.0. The largest absolute Gasteiger partial charge is 0.454 e. The van der Waals surface area contributed by atoms with Crippen molar-refractivity contribution in [3.8, 4) is 11.5 Å². The van der Waals surface area contributed by atoms with Crippen molar-refractivity contribution < 1.29 is 22.7 Å². The van der Waals surface area contributed by atoms with Crippen molar-refractivity contribution in [3.63, 3.8) is 0 Å². The molecule has 1 aliphatic heterocycles. The molecule has 1 aliphatic rings. The number of anilines is 1. The number of ether oxygens (including phenoxy) is 1. The lowest BCUT2D eigenvalue weighted by Gasteiger charge is -2.34. The minimum Gasteiger partial charge on any atom is -0.454 e. The lowest BCUT2D eigenvalue weighted by Crippen LogP contribution is -2.49. The molecule has 12 heteroatoms. The molecule has 35 heavy (non-hydrogen) atoms.